The van der Waals surface area contributed by atoms with E-state index in [0.717, 1.165) is 55.4 Å². The Hall–Kier alpha value is -3.71. The lowest BCUT2D eigenvalue weighted by Crippen LogP contribution is -2.39. The predicted molar refractivity (Wildman–Crippen MR) is 174 cm³/mol. The van der Waals surface area contributed by atoms with E-state index in [1.165, 1.54) is 48.9 Å². The number of hydroxylamine groups is 1. The van der Waals surface area contributed by atoms with Gasteiger partial charge in [-0.25, -0.2) is 9.63 Å². The molecule has 0 radical (unpaired) electrons. The van der Waals surface area contributed by atoms with Crippen molar-refractivity contribution in [2.24, 2.45) is 0 Å². The van der Waals surface area contributed by atoms with Gasteiger partial charge >= 0.3 is 6.09 Å². The lowest BCUT2D eigenvalue weighted by Gasteiger charge is -2.29. The number of hydrogen-bond donors (Lipinski definition) is 0. The highest BCUT2D eigenvalue weighted by molar-refractivity contribution is 7.16. The van der Waals surface area contributed by atoms with Crippen LogP contribution >= 0.6 is 11.3 Å². The molecule has 43 heavy (non-hydrogen) atoms. The van der Waals surface area contributed by atoms with Crippen LogP contribution in [0.4, 0.5) is 10.5 Å². The predicted octanol–water partition coefficient (Wildman–Crippen LogP) is 9.48. The van der Waals surface area contributed by atoms with Crippen LogP contribution in [0.2, 0.25) is 0 Å². The van der Waals surface area contributed by atoms with Crippen molar-refractivity contribution in [3.05, 3.63) is 99.9 Å². The van der Waals surface area contributed by atoms with Crippen LogP contribution in [0.3, 0.4) is 0 Å². The van der Waals surface area contributed by atoms with Crippen LogP contribution in [0.25, 0.3) is 33.2 Å². The van der Waals surface area contributed by atoms with E-state index in [2.05, 4.69) is 60.7 Å². The van der Waals surface area contributed by atoms with Crippen molar-refractivity contribution in [2.75, 3.05) is 11.7 Å². The first kappa shape index (κ1) is 28.1. The number of benzene rings is 3. The first-order valence-electron chi connectivity index (χ1n) is 15.5. The number of amides is 1. The van der Waals surface area contributed by atoms with Crippen molar-refractivity contribution in [1.29, 1.82) is 0 Å². The van der Waals surface area contributed by atoms with Gasteiger partial charge in [0.25, 0.3) is 0 Å². The summed E-state index contributed by atoms with van der Waals surface area (Å²) in [5.41, 5.74) is 11.8. The zero-order valence-electron chi connectivity index (χ0n) is 24.8. The maximum Gasteiger partial charge on any atom is 0.439 e. The molecule has 3 aromatic carbocycles. The van der Waals surface area contributed by atoms with Crippen LogP contribution in [-0.4, -0.2) is 25.1 Å². The molecule has 1 aromatic heterocycles. The average molecular weight is 592 g/mol. The summed E-state index contributed by atoms with van der Waals surface area (Å²) in [7, 11) is 0. The van der Waals surface area contributed by atoms with E-state index in [1.54, 1.807) is 11.3 Å². The molecule has 1 atom stereocenters. The summed E-state index contributed by atoms with van der Waals surface area (Å²) in [6, 6.07) is 25.8. The first-order chi connectivity index (χ1) is 21.0. The average Bonchev–Trinajstić information content (AvgIpc) is 3.54. The molecule has 1 unspecified atom stereocenters. The Balaban J connectivity index is 1.14. The Labute approximate surface area is 257 Å². The van der Waals surface area contributed by atoms with Crippen molar-refractivity contribution in [3.8, 4) is 21.6 Å². The lowest BCUT2D eigenvalue weighted by atomic mass is 9.78. The number of ether oxygens (including phenoxy) is 2. The molecular weight excluding hydrogens is 554 g/mol. The van der Waals surface area contributed by atoms with Crippen molar-refractivity contribution in [3.63, 3.8) is 0 Å². The third-order valence-corrected chi connectivity index (χ3v) is 9.75. The zero-order chi connectivity index (χ0) is 29.3. The van der Waals surface area contributed by atoms with Crippen LogP contribution in [0.1, 0.15) is 66.7 Å². The quantitative estimate of drug-likeness (QED) is 0.210. The van der Waals surface area contributed by atoms with E-state index in [0.29, 0.717) is 12.3 Å². The van der Waals surface area contributed by atoms with Gasteiger partial charge in [0, 0.05) is 22.8 Å². The summed E-state index contributed by atoms with van der Waals surface area (Å²) in [6.07, 6.45) is 8.24. The smallest absolute Gasteiger partial charge is 0.439 e. The highest BCUT2D eigenvalue weighted by Gasteiger charge is 2.27. The minimum Gasteiger partial charge on any atom is -0.445 e. The van der Waals surface area contributed by atoms with Crippen LogP contribution in [0.15, 0.2) is 72.8 Å². The molecule has 3 aliphatic rings. The first-order valence-corrected chi connectivity index (χ1v) is 16.3. The van der Waals surface area contributed by atoms with Crippen molar-refractivity contribution >= 4 is 34.8 Å². The highest BCUT2D eigenvalue weighted by atomic mass is 32.1. The molecule has 220 valence electrons. The Morgan fingerprint density at radius 3 is 2.60 bits per heavy atom. The van der Waals surface area contributed by atoms with E-state index in [4.69, 9.17) is 14.3 Å². The van der Waals surface area contributed by atoms with Gasteiger partial charge in [0.2, 0.25) is 0 Å². The van der Waals surface area contributed by atoms with E-state index >= 15 is 0 Å². The van der Waals surface area contributed by atoms with Gasteiger partial charge in [-0.15, -0.1) is 11.3 Å². The van der Waals surface area contributed by atoms with Gasteiger partial charge in [-0.05, 0) is 121 Å². The summed E-state index contributed by atoms with van der Waals surface area (Å²) < 4.78 is 11.3. The molecule has 4 aromatic rings. The minimum absolute atomic E-state index is 0.260. The fraction of sp³-hybridized carbons (Fsp3) is 0.324. The molecule has 0 bridgehead atoms. The zero-order valence-corrected chi connectivity index (χ0v) is 25.6. The van der Waals surface area contributed by atoms with Crippen LogP contribution in [0.5, 0.6) is 0 Å². The van der Waals surface area contributed by atoms with Gasteiger partial charge in [0.05, 0.1) is 11.8 Å². The van der Waals surface area contributed by atoms with Crippen molar-refractivity contribution in [2.45, 2.75) is 71.2 Å². The normalized spacial score (nSPS) is 17.5. The molecule has 7 rings (SSSR count). The van der Waals surface area contributed by atoms with E-state index in [1.807, 2.05) is 32.0 Å². The molecule has 2 heterocycles. The second-order valence-corrected chi connectivity index (χ2v) is 12.9. The fourth-order valence-corrected chi connectivity index (χ4v) is 7.52. The summed E-state index contributed by atoms with van der Waals surface area (Å²) in [5.74, 6) is 0. The van der Waals surface area contributed by atoms with Crippen LogP contribution in [-0.2, 0) is 33.6 Å². The fourth-order valence-electron chi connectivity index (χ4n) is 6.48. The molecule has 0 N–H and O–H groups in total. The molecule has 1 fully saturated rings. The van der Waals surface area contributed by atoms with Crippen molar-refractivity contribution < 1.29 is 19.1 Å². The molecule has 1 aliphatic heterocycles. The number of anilines is 1. The topological polar surface area (TPSA) is 48.0 Å². The van der Waals surface area contributed by atoms with Crippen LogP contribution in [0, 0.1) is 0 Å². The number of carbonyl (C=O) groups is 1. The largest absolute Gasteiger partial charge is 0.445 e. The number of nitrogens with zero attached hydrogens (tertiary/aromatic N) is 1. The van der Waals surface area contributed by atoms with E-state index in [9.17, 15) is 4.79 Å². The third-order valence-electron chi connectivity index (χ3n) is 8.54. The number of allylic oxidation sites excluding steroid dienone is 1. The molecule has 2 aliphatic carbocycles. The second kappa shape index (κ2) is 12.1. The number of thiophene rings is 1. The summed E-state index contributed by atoms with van der Waals surface area (Å²) in [6.45, 7) is 4.30. The van der Waals surface area contributed by atoms with Gasteiger partial charge in [0.15, 0.2) is 6.29 Å². The monoisotopic (exact) mass is 591 g/mol. The molecule has 1 saturated heterocycles. The molecule has 0 saturated carbocycles. The molecule has 6 heteroatoms. The maximum absolute atomic E-state index is 13.1. The number of fused-ring (bicyclic) bond motifs is 5. The summed E-state index contributed by atoms with van der Waals surface area (Å²) in [5, 5.41) is 1.26. The molecular formula is C37H37NO4S. The van der Waals surface area contributed by atoms with Gasteiger partial charge in [-0.1, -0.05) is 54.6 Å². The van der Waals surface area contributed by atoms with Gasteiger partial charge in [0.1, 0.15) is 0 Å². The second-order valence-electron chi connectivity index (χ2n) is 11.8. The highest BCUT2D eigenvalue weighted by Crippen LogP contribution is 2.42. The molecule has 5 nitrogen and oxygen atoms in total. The van der Waals surface area contributed by atoms with Gasteiger partial charge < -0.3 is 9.47 Å². The minimum atomic E-state index is -0.537. The SMILES string of the molecule is CC(C)OC(=O)N(OC1CCCCO1)c1cccc(-c2ccc(C3=Cc4ccc5c(c4CC3)CCc3ccccc3-5)s2)c1. The summed E-state index contributed by atoms with van der Waals surface area (Å²) in [4.78, 5) is 21.5. The Morgan fingerprint density at radius 1 is 0.884 bits per heavy atom. The Bertz CT molecular complexity index is 1680. The standard InChI is InChI=1S/C37H37NO4S/c1-24(2)41-37(39)38(42-36-12-5-6-21-40-36)29-10-7-9-27(23-29)34-19-20-35(43-34)28-15-16-31-26(22-28)14-18-32-30-11-4-3-8-25(30)13-17-33(31)32/h3-4,7-11,14,18-20,22-24,36H,5-6,12-13,15-17,21H2,1-2H3. The van der Waals surface area contributed by atoms with Crippen molar-refractivity contribution in [1.82, 2.24) is 0 Å². The van der Waals surface area contributed by atoms with Gasteiger partial charge in [-0.2, -0.15) is 5.06 Å². The number of hydrogen-bond acceptors (Lipinski definition) is 5. The summed E-state index contributed by atoms with van der Waals surface area (Å²) >= 11 is 1.79. The Kier molecular flexibility index (Phi) is 7.91. The molecule has 0 spiro atoms. The number of carbonyl (C=O) groups excluding carboxylic acids is 1. The lowest BCUT2D eigenvalue weighted by molar-refractivity contribution is -0.166. The van der Waals surface area contributed by atoms with E-state index < -0.39 is 12.4 Å². The Morgan fingerprint density at radius 2 is 1.74 bits per heavy atom. The maximum atomic E-state index is 13.1. The number of rotatable bonds is 6. The third kappa shape index (κ3) is 5.79. The van der Waals surface area contributed by atoms with E-state index in [-0.39, 0.29) is 6.10 Å². The van der Waals surface area contributed by atoms with Crippen LogP contribution < -0.4 is 5.06 Å². The van der Waals surface area contributed by atoms with Gasteiger partial charge in [-0.3, -0.25) is 0 Å². The number of aryl methyl sites for hydroxylation is 1. The molecule has 1 amide bonds.